The summed E-state index contributed by atoms with van der Waals surface area (Å²) in [5, 5.41) is 1.65. The lowest BCUT2D eigenvalue weighted by Gasteiger charge is -2.26. The average molecular weight is 241 g/mol. The van der Waals surface area contributed by atoms with Crippen LogP contribution in [0.2, 0.25) is 0 Å². The molecule has 0 aliphatic rings. The topological polar surface area (TPSA) is 55.4 Å². The summed E-state index contributed by atoms with van der Waals surface area (Å²) in [6, 6.07) is 9.44. The van der Waals surface area contributed by atoms with Crippen LogP contribution in [-0.2, 0) is 11.3 Å². The van der Waals surface area contributed by atoms with Gasteiger partial charge in [0.05, 0.1) is 5.69 Å². The van der Waals surface area contributed by atoms with Gasteiger partial charge in [-0.1, -0.05) is 38.0 Å². The molecule has 0 saturated carbocycles. The molecule has 1 rings (SSSR count). The number of nitrogens with zero attached hydrogens (tertiary/aromatic N) is 1. The van der Waals surface area contributed by atoms with Crippen LogP contribution in [0.25, 0.3) is 0 Å². The summed E-state index contributed by atoms with van der Waals surface area (Å²) in [5.41, 5.74) is 0.864. The lowest BCUT2D eigenvalue weighted by atomic mass is 10.2. The van der Waals surface area contributed by atoms with E-state index in [0.717, 1.165) is 24.9 Å². The molecule has 0 fully saturated rings. The summed E-state index contributed by atoms with van der Waals surface area (Å²) < 4.78 is 21.3. The molecule has 0 aliphatic carbocycles. The Morgan fingerprint density at radius 3 is 2.56 bits per heavy atom. The molecule has 0 bridgehead atoms. The minimum absolute atomic E-state index is 0.686. The van der Waals surface area contributed by atoms with E-state index in [2.05, 4.69) is 11.8 Å². The van der Waals surface area contributed by atoms with Crippen molar-refractivity contribution in [1.29, 1.82) is 0 Å². The monoisotopic (exact) mass is 241 g/mol. The maximum absolute atomic E-state index is 10.7. The number of nitrogens with one attached hydrogen (secondary N) is 1. The van der Waals surface area contributed by atoms with Crippen molar-refractivity contribution in [3.05, 3.63) is 30.3 Å². The van der Waals surface area contributed by atoms with Crippen molar-refractivity contribution in [3.63, 3.8) is 0 Å². The molecule has 0 amide bonds. The maximum atomic E-state index is 10.7. The highest BCUT2D eigenvalue weighted by Crippen LogP contribution is 2.12. The molecule has 5 heteroatoms. The molecule has 1 aromatic rings. The van der Waals surface area contributed by atoms with E-state index in [1.165, 1.54) is 0 Å². The van der Waals surface area contributed by atoms with E-state index in [1.54, 1.807) is 5.01 Å². The molecule has 1 unspecified atom stereocenters. The van der Waals surface area contributed by atoms with Gasteiger partial charge in [-0.2, -0.15) is 4.83 Å². The first-order chi connectivity index (χ1) is 7.74. The van der Waals surface area contributed by atoms with Crippen molar-refractivity contribution in [2.24, 2.45) is 0 Å². The largest absolute Gasteiger partial charge is 0.759 e. The zero-order valence-electron chi connectivity index (χ0n) is 9.39. The number of anilines is 1. The molecule has 16 heavy (non-hydrogen) atoms. The van der Waals surface area contributed by atoms with Crippen LogP contribution >= 0.6 is 0 Å². The first-order valence-corrected chi connectivity index (χ1v) is 6.49. The second-order valence-corrected chi connectivity index (χ2v) is 4.17. The summed E-state index contributed by atoms with van der Waals surface area (Å²) in [5.74, 6) is 0. The molecule has 1 atom stereocenters. The van der Waals surface area contributed by atoms with E-state index < -0.39 is 11.3 Å². The van der Waals surface area contributed by atoms with E-state index in [1.807, 2.05) is 30.3 Å². The average Bonchev–Trinajstić information content (AvgIpc) is 2.29. The van der Waals surface area contributed by atoms with Crippen LogP contribution in [0.15, 0.2) is 30.3 Å². The minimum atomic E-state index is -2.28. The SMILES string of the molecule is CCCCCN(NS(=O)[O-])c1ccccc1. The molecule has 0 spiro atoms. The lowest BCUT2D eigenvalue weighted by Crippen LogP contribution is -2.39. The van der Waals surface area contributed by atoms with Crippen LogP contribution in [0.4, 0.5) is 5.69 Å². The third-order valence-electron chi connectivity index (χ3n) is 2.24. The van der Waals surface area contributed by atoms with Gasteiger partial charge in [0.25, 0.3) is 0 Å². The number of unbranched alkanes of at least 4 members (excludes halogenated alkanes) is 2. The number of hydrogen-bond acceptors (Lipinski definition) is 3. The second-order valence-electron chi connectivity index (χ2n) is 3.52. The van der Waals surface area contributed by atoms with Crippen molar-refractivity contribution in [1.82, 2.24) is 4.83 Å². The predicted octanol–water partition coefficient (Wildman–Crippen LogP) is 1.98. The molecule has 1 aromatic carbocycles. The number of hydrogen-bond donors (Lipinski definition) is 1. The van der Waals surface area contributed by atoms with Gasteiger partial charge < -0.3 is 4.55 Å². The van der Waals surface area contributed by atoms with Crippen LogP contribution in [-0.4, -0.2) is 15.3 Å². The highest BCUT2D eigenvalue weighted by atomic mass is 32.2. The molecule has 0 radical (unpaired) electrons. The summed E-state index contributed by atoms with van der Waals surface area (Å²) in [6.07, 6.45) is 3.18. The quantitative estimate of drug-likeness (QED) is 0.451. The Bertz CT molecular complexity index is 319. The Labute approximate surface area is 99.0 Å². The van der Waals surface area contributed by atoms with Crippen LogP contribution in [0, 0.1) is 0 Å². The van der Waals surface area contributed by atoms with Crippen molar-refractivity contribution in [2.75, 3.05) is 11.6 Å². The highest BCUT2D eigenvalue weighted by molar-refractivity contribution is 7.77. The van der Waals surface area contributed by atoms with E-state index in [0.29, 0.717) is 6.54 Å². The zero-order chi connectivity index (χ0) is 11.8. The Balaban J connectivity index is 2.60. The number of rotatable bonds is 7. The van der Waals surface area contributed by atoms with Crippen LogP contribution in [0.5, 0.6) is 0 Å². The van der Waals surface area contributed by atoms with E-state index in [9.17, 15) is 8.76 Å². The van der Waals surface area contributed by atoms with Crippen LogP contribution in [0.1, 0.15) is 26.2 Å². The molecule has 0 heterocycles. The maximum Gasteiger partial charge on any atom is 0.0529 e. The third-order valence-corrected chi connectivity index (χ3v) is 2.61. The Kier molecular flexibility index (Phi) is 6.07. The van der Waals surface area contributed by atoms with Gasteiger partial charge in [-0.25, -0.2) is 0 Å². The van der Waals surface area contributed by atoms with Gasteiger partial charge in [0.1, 0.15) is 0 Å². The van der Waals surface area contributed by atoms with Crippen molar-refractivity contribution < 1.29 is 8.76 Å². The number of hydrazine groups is 1. The Morgan fingerprint density at radius 1 is 1.31 bits per heavy atom. The third kappa shape index (κ3) is 4.74. The van der Waals surface area contributed by atoms with Gasteiger partial charge in [0, 0.05) is 17.8 Å². The van der Waals surface area contributed by atoms with Gasteiger partial charge in [0.2, 0.25) is 0 Å². The fourth-order valence-electron chi connectivity index (χ4n) is 1.45. The second kappa shape index (κ2) is 7.38. The van der Waals surface area contributed by atoms with Gasteiger partial charge in [0.15, 0.2) is 0 Å². The summed E-state index contributed by atoms with van der Waals surface area (Å²) in [7, 11) is 0. The van der Waals surface area contributed by atoms with Crippen molar-refractivity contribution >= 4 is 17.0 Å². The smallest absolute Gasteiger partial charge is 0.0529 e. The van der Waals surface area contributed by atoms with E-state index >= 15 is 0 Å². The number of para-hydroxylation sites is 1. The molecule has 0 saturated heterocycles. The van der Waals surface area contributed by atoms with E-state index in [4.69, 9.17) is 0 Å². The summed E-state index contributed by atoms with van der Waals surface area (Å²) in [6.45, 7) is 2.80. The van der Waals surface area contributed by atoms with Gasteiger partial charge in [-0.3, -0.25) is 9.22 Å². The molecule has 0 aromatic heterocycles. The molecule has 90 valence electrons. The van der Waals surface area contributed by atoms with Crippen molar-refractivity contribution in [3.8, 4) is 0 Å². The fourth-order valence-corrected chi connectivity index (χ4v) is 1.82. The molecule has 4 nitrogen and oxygen atoms in total. The standard InChI is InChI=1S/C11H18N2O2S/c1-2-3-7-10-13(12-16(14)15)11-8-5-4-6-9-11/h4-6,8-9,12H,2-3,7,10H2,1H3,(H,14,15)/p-1. The first-order valence-electron chi connectivity index (χ1n) is 5.42. The fraction of sp³-hybridized carbons (Fsp3) is 0.455. The van der Waals surface area contributed by atoms with Crippen molar-refractivity contribution in [2.45, 2.75) is 26.2 Å². The van der Waals surface area contributed by atoms with Gasteiger partial charge >= 0.3 is 0 Å². The zero-order valence-corrected chi connectivity index (χ0v) is 10.2. The predicted molar refractivity (Wildman–Crippen MR) is 65.4 cm³/mol. The molecule has 0 aliphatic heterocycles. The van der Waals surface area contributed by atoms with E-state index in [-0.39, 0.29) is 0 Å². The minimum Gasteiger partial charge on any atom is -0.759 e. The normalized spacial score (nSPS) is 12.4. The molecule has 1 N–H and O–H groups in total. The lowest BCUT2D eigenvalue weighted by molar-refractivity contribution is 0.516. The number of benzene rings is 1. The first kappa shape index (κ1) is 13.2. The summed E-state index contributed by atoms with van der Waals surface area (Å²) >= 11 is -2.28. The van der Waals surface area contributed by atoms with Gasteiger partial charge in [-0.15, -0.1) is 0 Å². The van der Waals surface area contributed by atoms with Crippen LogP contribution in [0.3, 0.4) is 0 Å². The Hall–Kier alpha value is -0.910. The van der Waals surface area contributed by atoms with Gasteiger partial charge in [-0.05, 0) is 18.6 Å². The molecular weight excluding hydrogens is 224 g/mol. The van der Waals surface area contributed by atoms with Crippen LogP contribution < -0.4 is 9.84 Å². The highest BCUT2D eigenvalue weighted by Gasteiger charge is 2.04. The Morgan fingerprint density at radius 2 is 2.00 bits per heavy atom. The summed E-state index contributed by atoms with van der Waals surface area (Å²) in [4.78, 5) is 2.41. The molecular formula is C11H17N2O2S-.